The lowest BCUT2D eigenvalue weighted by atomic mass is 10.2. The number of H-pyrrole nitrogens is 1. The monoisotopic (exact) mass is 316 g/mol. The molecule has 7 nitrogen and oxygen atoms in total. The number of aromatic nitrogens is 2. The third kappa shape index (κ3) is 4.65. The third-order valence-corrected chi connectivity index (χ3v) is 3.14. The number of aryl methyl sites for hydroxylation is 1. The fourth-order valence-corrected chi connectivity index (χ4v) is 2.09. The Kier molecular flexibility index (Phi) is 5.87. The number of ether oxygens (including phenoxy) is 1. The summed E-state index contributed by atoms with van der Waals surface area (Å²) in [5, 5.41) is 13.0. The minimum atomic E-state index is -0.275. The van der Waals surface area contributed by atoms with Crippen molar-refractivity contribution in [3.8, 4) is 5.75 Å². The highest BCUT2D eigenvalue weighted by molar-refractivity contribution is 5.80. The Morgan fingerprint density at radius 3 is 3.00 bits per heavy atom. The number of aliphatic hydroxyl groups is 1. The number of hydrogen-bond donors (Lipinski definition) is 3. The zero-order valence-corrected chi connectivity index (χ0v) is 13.2. The van der Waals surface area contributed by atoms with E-state index in [4.69, 9.17) is 9.84 Å². The highest BCUT2D eigenvalue weighted by Crippen LogP contribution is 2.11. The largest absolute Gasteiger partial charge is 0.494 e. The van der Waals surface area contributed by atoms with Gasteiger partial charge in [-0.2, -0.15) is 5.10 Å². The van der Waals surface area contributed by atoms with Gasteiger partial charge in [0.1, 0.15) is 5.75 Å². The second-order valence-corrected chi connectivity index (χ2v) is 4.83. The molecule has 2 aromatic rings. The summed E-state index contributed by atoms with van der Waals surface area (Å²) >= 11 is 0. The molecule has 0 amide bonds. The molecule has 0 bridgehead atoms. The first-order chi connectivity index (χ1) is 11.1. The molecule has 1 heterocycles. The highest BCUT2D eigenvalue weighted by Gasteiger charge is 2.06. The smallest absolute Gasteiger partial charge is 0.255 e. The van der Waals surface area contributed by atoms with E-state index in [1.807, 2.05) is 31.2 Å². The summed E-state index contributed by atoms with van der Waals surface area (Å²) in [7, 11) is 0. The van der Waals surface area contributed by atoms with Crippen LogP contribution in [0.4, 0.5) is 5.95 Å². The van der Waals surface area contributed by atoms with Gasteiger partial charge in [-0.15, -0.1) is 0 Å². The maximum atomic E-state index is 11.9. The summed E-state index contributed by atoms with van der Waals surface area (Å²) in [4.78, 5) is 18.7. The Hall–Kier alpha value is -2.67. The first-order valence-corrected chi connectivity index (χ1v) is 7.36. The lowest BCUT2D eigenvalue weighted by Crippen LogP contribution is -2.19. The van der Waals surface area contributed by atoms with Crippen LogP contribution in [0, 0.1) is 6.92 Å². The van der Waals surface area contributed by atoms with Crippen LogP contribution in [-0.2, 0) is 6.42 Å². The summed E-state index contributed by atoms with van der Waals surface area (Å²) in [5.41, 5.74) is 4.33. The minimum absolute atomic E-state index is 0.0906. The Labute approximate surface area is 134 Å². The molecule has 0 radical (unpaired) electrons. The van der Waals surface area contributed by atoms with Crippen molar-refractivity contribution in [1.82, 2.24) is 9.97 Å². The molecule has 0 atom stereocenters. The SMILES string of the molecule is CCOc1cccc(/C=N\Nc2nc(C)c(CCO)c(=O)[nH]2)c1. The molecule has 122 valence electrons. The van der Waals surface area contributed by atoms with Crippen LogP contribution in [0.3, 0.4) is 0 Å². The highest BCUT2D eigenvalue weighted by atomic mass is 16.5. The van der Waals surface area contributed by atoms with E-state index in [2.05, 4.69) is 20.5 Å². The van der Waals surface area contributed by atoms with Gasteiger partial charge in [0.25, 0.3) is 5.56 Å². The van der Waals surface area contributed by atoms with Crippen LogP contribution in [0.15, 0.2) is 34.2 Å². The zero-order chi connectivity index (χ0) is 16.7. The molecule has 0 aliphatic carbocycles. The molecule has 0 spiro atoms. The normalized spacial score (nSPS) is 10.9. The molecule has 0 unspecified atom stereocenters. The van der Waals surface area contributed by atoms with Crippen molar-refractivity contribution >= 4 is 12.2 Å². The summed E-state index contributed by atoms with van der Waals surface area (Å²) in [5.74, 6) is 1.03. The number of aromatic amines is 1. The number of aliphatic hydroxyl groups excluding tert-OH is 1. The van der Waals surface area contributed by atoms with Crippen LogP contribution in [0.5, 0.6) is 5.75 Å². The lowest BCUT2D eigenvalue weighted by Gasteiger charge is -2.05. The quantitative estimate of drug-likeness (QED) is 0.530. The van der Waals surface area contributed by atoms with Gasteiger partial charge in [0.2, 0.25) is 5.95 Å². The molecule has 0 aliphatic heterocycles. The average molecular weight is 316 g/mol. The van der Waals surface area contributed by atoms with E-state index in [1.54, 1.807) is 13.1 Å². The van der Waals surface area contributed by atoms with Gasteiger partial charge in [-0.05, 0) is 31.5 Å². The van der Waals surface area contributed by atoms with E-state index in [-0.39, 0.29) is 24.5 Å². The maximum Gasteiger partial charge on any atom is 0.255 e. The molecule has 0 aliphatic rings. The van der Waals surface area contributed by atoms with Crippen molar-refractivity contribution in [3.63, 3.8) is 0 Å². The predicted octanol–water partition coefficient (Wildman–Crippen LogP) is 1.46. The van der Waals surface area contributed by atoms with Crippen molar-refractivity contribution in [2.24, 2.45) is 5.10 Å². The van der Waals surface area contributed by atoms with Gasteiger partial charge in [0.15, 0.2) is 0 Å². The molecule has 1 aromatic heterocycles. The van der Waals surface area contributed by atoms with Gasteiger partial charge in [-0.1, -0.05) is 12.1 Å². The van der Waals surface area contributed by atoms with E-state index in [0.717, 1.165) is 11.3 Å². The molecule has 0 fully saturated rings. The summed E-state index contributed by atoms with van der Waals surface area (Å²) in [6.45, 7) is 4.16. The Balaban J connectivity index is 2.08. The van der Waals surface area contributed by atoms with E-state index in [0.29, 0.717) is 17.9 Å². The number of hydrazone groups is 1. The Morgan fingerprint density at radius 1 is 1.48 bits per heavy atom. The number of nitrogens with one attached hydrogen (secondary N) is 2. The van der Waals surface area contributed by atoms with E-state index in [9.17, 15) is 4.79 Å². The summed E-state index contributed by atoms with van der Waals surface area (Å²) in [6, 6.07) is 7.50. The van der Waals surface area contributed by atoms with Crippen molar-refractivity contribution in [1.29, 1.82) is 0 Å². The molecule has 0 saturated heterocycles. The van der Waals surface area contributed by atoms with Gasteiger partial charge in [-0.25, -0.2) is 10.4 Å². The minimum Gasteiger partial charge on any atom is -0.494 e. The molecule has 2 rings (SSSR count). The molecular weight excluding hydrogens is 296 g/mol. The number of anilines is 1. The first-order valence-electron chi connectivity index (χ1n) is 7.36. The van der Waals surface area contributed by atoms with Gasteiger partial charge in [0, 0.05) is 18.6 Å². The van der Waals surface area contributed by atoms with Crippen LogP contribution in [-0.4, -0.2) is 34.5 Å². The summed E-state index contributed by atoms with van der Waals surface area (Å²) in [6.07, 6.45) is 1.89. The maximum absolute atomic E-state index is 11.9. The van der Waals surface area contributed by atoms with Crippen LogP contribution in [0.25, 0.3) is 0 Å². The van der Waals surface area contributed by atoms with E-state index in [1.165, 1.54) is 0 Å². The zero-order valence-electron chi connectivity index (χ0n) is 13.2. The third-order valence-electron chi connectivity index (χ3n) is 3.14. The molecule has 23 heavy (non-hydrogen) atoms. The van der Waals surface area contributed by atoms with Gasteiger partial charge in [0.05, 0.1) is 18.5 Å². The number of benzene rings is 1. The predicted molar refractivity (Wildman–Crippen MR) is 89.2 cm³/mol. The first kappa shape index (κ1) is 16.7. The van der Waals surface area contributed by atoms with Gasteiger partial charge >= 0.3 is 0 Å². The Morgan fingerprint density at radius 2 is 2.30 bits per heavy atom. The molecule has 0 saturated carbocycles. The molecule has 1 aromatic carbocycles. The van der Waals surface area contributed by atoms with Gasteiger partial charge in [-0.3, -0.25) is 9.78 Å². The molecule has 7 heteroatoms. The van der Waals surface area contributed by atoms with Crippen LogP contribution >= 0.6 is 0 Å². The van der Waals surface area contributed by atoms with Crippen LogP contribution in [0.1, 0.15) is 23.7 Å². The van der Waals surface area contributed by atoms with E-state index < -0.39 is 0 Å². The fraction of sp³-hybridized carbons (Fsp3) is 0.312. The van der Waals surface area contributed by atoms with Crippen molar-refractivity contribution in [2.75, 3.05) is 18.6 Å². The van der Waals surface area contributed by atoms with Crippen molar-refractivity contribution < 1.29 is 9.84 Å². The van der Waals surface area contributed by atoms with Crippen molar-refractivity contribution in [3.05, 3.63) is 51.4 Å². The summed E-state index contributed by atoms with van der Waals surface area (Å²) < 4.78 is 5.42. The Bertz CT molecular complexity index is 740. The number of hydrogen-bond acceptors (Lipinski definition) is 6. The average Bonchev–Trinajstić information content (AvgIpc) is 2.52. The van der Waals surface area contributed by atoms with Crippen molar-refractivity contribution in [2.45, 2.75) is 20.3 Å². The van der Waals surface area contributed by atoms with Crippen LogP contribution < -0.4 is 15.7 Å². The topological polar surface area (TPSA) is 99.6 Å². The molecular formula is C16H20N4O3. The second-order valence-electron chi connectivity index (χ2n) is 4.83. The number of nitrogens with zero attached hydrogens (tertiary/aromatic N) is 2. The molecule has 3 N–H and O–H groups in total. The fourth-order valence-electron chi connectivity index (χ4n) is 2.09. The number of rotatable bonds is 7. The second kappa shape index (κ2) is 8.09. The van der Waals surface area contributed by atoms with Crippen LogP contribution in [0.2, 0.25) is 0 Å². The standard InChI is InChI=1S/C16H20N4O3/c1-3-23-13-6-4-5-12(9-13)10-17-20-16-18-11(2)14(7-8-21)15(22)19-16/h4-6,9-10,21H,3,7-8H2,1-2H3,(H2,18,19,20,22)/b17-10-. The van der Waals surface area contributed by atoms with Gasteiger partial charge < -0.3 is 9.84 Å². The lowest BCUT2D eigenvalue weighted by molar-refractivity contribution is 0.298. The van der Waals surface area contributed by atoms with E-state index >= 15 is 0 Å².